The Morgan fingerprint density at radius 3 is 2.07 bits per heavy atom. The van der Waals surface area contributed by atoms with Gasteiger partial charge in [-0.25, -0.2) is 4.57 Å². The number of hydrogen-bond donors (Lipinski definition) is 0. The predicted octanol–water partition coefficient (Wildman–Crippen LogP) is 5.92. The lowest BCUT2D eigenvalue weighted by molar-refractivity contribution is -0.661. The zero-order chi connectivity index (χ0) is 22.6. The van der Waals surface area contributed by atoms with Gasteiger partial charge in [0, 0.05) is 19.9 Å². The maximum Gasteiger partial charge on any atom is 0.212 e. The number of pyridine rings is 1. The summed E-state index contributed by atoms with van der Waals surface area (Å²) in [5.41, 5.74) is 4.76. The molecule has 1 aromatic carbocycles. The molecule has 2 rings (SSSR count). The maximum atomic E-state index is 9.03. The van der Waals surface area contributed by atoms with E-state index in [0.29, 0.717) is 0 Å². The first-order valence-corrected chi connectivity index (χ1v) is 13.5. The Morgan fingerprint density at radius 1 is 1.00 bits per heavy atom. The van der Waals surface area contributed by atoms with Crippen LogP contribution >= 0.6 is 0 Å². The van der Waals surface area contributed by atoms with E-state index in [9.17, 15) is 0 Å². The molecule has 2 aromatic rings. The molecule has 0 aliphatic rings. The summed E-state index contributed by atoms with van der Waals surface area (Å²) in [5, 5.41) is 1.43. The second kappa shape index (κ2) is 7.20. The van der Waals surface area contributed by atoms with Crippen molar-refractivity contribution in [1.29, 1.82) is 0 Å². The van der Waals surface area contributed by atoms with Gasteiger partial charge >= 0.3 is 0 Å². The maximum absolute atomic E-state index is 9.03. The van der Waals surface area contributed by atoms with Crippen molar-refractivity contribution in [3.05, 3.63) is 47.2 Å². The van der Waals surface area contributed by atoms with E-state index >= 15 is 0 Å². The zero-order valence-corrected chi connectivity index (χ0v) is 20.3. The van der Waals surface area contributed by atoms with Gasteiger partial charge in [-0.1, -0.05) is 78.5 Å². The summed E-state index contributed by atoms with van der Waals surface area (Å²) in [6.07, 6.45) is 0.706. The minimum atomic E-state index is -1.44. The molecule has 1 nitrogen and oxygen atoms in total. The molecule has 0 N–H and O–H groups in total. The van der Waals surface area contributed by atoms with Crippen LogP contribution in [0.1, 0.15) is 61.0 Å². The number of rotatable bonds is 3. The number of aryl methyl sites for hydroxylation is 2. The van der Waals surface area contributed by atoms with Crippen LogP contribution in [0.5, 0.6) is 0 Å². The molecule has 148 valence electrons. The van der Waals surface area contributed by atoms with Gasteiger partial charge in [-0.3, -0.25) is 0 Å². The van der Waals surface area contributed by atoms with Gasteiger partial charge in [0.05, 0.1) is 8.07 Å². The van der Waals surface area contributed by atoms with Crippen LogP contribution < -0.4 is 9.75 Å². The molecule has 0 saturated carbocycles. The highest BCUT2D eigenvalue weighted by Gasteiger charge is 2.27. The highest BCUT2D eigenvalue weighted by atomic mass is 28.3. The van der Waals surface area contributed by atoms with Gasteiger partial charge in [0.25, 0.3) is 0 Å². The Bertz CT molecular complexity index is 910. The van der Waals surface area contributed by atoms with Crippen LogP contribution in [0.15, 0.2) is 30.5 Å². The SMILES string of the molecule is [2H]C([2H])(c1cc(-c2cc([Si](C)(C)C)ccc2C)[n+](C)cc1C(C)(C)C)C(C)(C)C. The average Bonchev–Trinajstić information content (AvgIpc) is 2.52. The lowest BCUT2D eigenvalue weighted by Crippen LogP contribution is -2.39. The first-order chi connectivity index (χ1) is 12.9. The molecule has 0 aliphatic carbocycles. The Hall–Kier alpha value is -1.41. The van der Waals surface area contributed by atoms with Crippen LogP contribution in [-0.4, -0.2) is 8.07 Å². The zero-order valence-electron chi connectivity index (χ0n) is 21.3. The molecule has 2 heteroatoms. The van der Waals surface area contributed by atoms with Crippen LogP contribution in [0.25, 0.3) is 11.3 Å². The van der Waals surface area contributed by atoms with Crippen molar-refractivity contribution < 1.29 is 7.31 Å². The van der Waals surface area contributed by atoms with Crippen molar-refractivity contribution in [2.24, 2.45) is 12.5 Å². The number of nitrogens with zero attached hydrogens (tertiary/aromatic N) is 1. The normalized spacial score (nSPS) is 14.8. The van der Waals surface area contributed by atoms with Gasteiger partial charge in [-0.15, -0.1) is 0 Å². The lowest BCUT2D eigenvalue weighted by Gasteiger charge is -2.26. The third kappa shape index (κ3) is 5.31. The average molecular weight is 385 g/mol. The lowest BCUT2D eigenvalue weighted by atomic mass is 9.79. The fourth-order valence-corrected chi connectivity index (χ4v) is 4.55. The van der Waals surface area contributed by atoms with E-state index < -0.39 is 19.9 Å². The second-order valence-electron chi connectivity index (χ2n) is 11.0. The Kier molecular flexibility index (Phi) is 5.05. The Labute approximate surface area is 171 Å². The molecule has 1 heterocycles. The molecular weight excluding hydrogens is 342 g/mol. The molecule has 1 aromatic heterocycles. The van der Waals surface area contributed by atoms with E-state index in [0.717, 1.165) is 16.8 Å². The van der Waals surface area contributed by atoms with Gasteiger partial charge in [0.2, 0.25) is 5.69 Å². The standard InChI is InChI=1S/C25H40NSi/c1-18-12-13-20(27(9,10)11)15-21(18)23-14-19(16-24(2,3)4)22(17-26(23)8)25(5,6)7/h12-15,17H,16H2,1-11H3/q+1/i16D2. The van der Waals surface area contributed by atoms with Crippen LogP contribution in [-0.2, 0) is 18.8 Å². The van der Waals surface area contributed by atoms with Crippen molar-refractivity contribution in [1.82, 2.24) is 0 Å². The number of hydrogen-bond acceptors (Lipinski definition) is 0. The van der Waals surface area contributed by atoms with Crippen molar-refractivity contribution in [3.8, 4) is 11.3 Å². The van der Waals surface area contributed by atoms with Gasteiger partial charge < -0.3 is 0 Å². The number of benzene rings is 1. The summed E-state index contributed by atoms with van der Waals surface area (Å²) in [5.74, 6) is 0. The summed E-state index contributed by atoms with van der Waals surface area (Å²) in [6, 6.07) is 8.94. The minimum absolute atomic E-state index is 0.139. The fourth-order valence-electron chi connectivity index (χ4n) is 3.39. The van der Waals surface area contributed by atoms with Crippen LogP contribution in [0, 0.1) is 12.3 Å². The van der Waals surface area contributed by atoms with E-state index in [1.165, 1.54) is 16.3 Å². The van der Waals surface area contributed by atoms with Crippen LogP contribution in [0.2, 0.25) is 19.6 Å². The molecule has 0 saturated heterocycles. The largest absolute Gasteiger partial charge is 0.212 e. The van der Waals surface area contributed by atoms with Crippen molar-refractivity contribution in [2.45, 2.75) is 79.9 Å². The molecule has 0 unspecified atom stereocenters. The fraction of sp³-hybridized carbons (Fsp3) is 0.560. The van der Waals surface area contributed by atoms with E-state index in [4.69, 9.17) is 2.74 Å². The third-order valence-corrected chi connectivity index (χ3v) is 7.01. The number of aromatic nitrogens is 1. The molecule has 0 spiro atoms. The molecule has 0 amide bonds. The van der Waals surface area contributed by atoms with E-state index in [1.807, 2.05) is 20.8 Å². The summed E-state index contributed by atoms with van der Waals surface area (Å²) in [6.45, 7) is 21.7. The molecule has 0 atom stereocenters. The summed E-state index contributed by atoms with van der Waals surface area (Å²) in [4.78, 5) is 0. The topological polar surface area (TPSA) is 3.88 Å². The quantitative estimate of drug-likeness (QED) is 0.457. The molecule has 0 fully saturated rings. The van der Waals surface area contributed by atoms with E-state index in [2.05, 4.69) is 89.4 Å². The van der Waals surface area contributed by atoms with E-state index in [-0.39, 0.29) is 5.41 Å². The van der Waals surface area contributed by atoms with Gasteiger partial charge in [-0.2, -0.15) is 0 Å². The highest BCUT2D eigenvalue weighted by Crippen LogP contribution is 2.32. The summed E-state index contributed by atoms with van der Waals surface area (Å²) in [7, 11) is 0.643. The smallest absolute Gasteiger partial charge is 0.201 e. The van der Waals surface area contributed by atoms with Gasteiger partial charge in [0.15, 0.2) is 6.20 Å². The molecule has 0 radical (unpaired) electrons. The van der Waals surface area contributed by atoms with Gasteiger partial charge in [0.1, 0.15) is 7.05 Å². The third-order valence-electron chi connectivity index (χ3n) is 4.97. The Balaban J connectivity index is 2.89. The van der Waals surface area contributed by atoms with Crippen molar-refractivity contribution in [2.75, 3.05) is 0 Å². The highest BCUT2D eigenvalue weighted by molar-refractivity contribution is 6.88. The summed E-state index contributed by atoms with van der Waals surface area (Å²) >= 11 is 0. The Morgan fingerprint density at radius 2 is 1.59 bits per heavy atom. The molecule has 0 aliphatic heterocycles. The first kappa shape index (κ1) is 18.9. The summed E-state index contributed by atoms with van der Waals surface area (Å²) < 4.78 is 20.2. The predicted molar refractivity (Wildman–Crippen MR) is 123 cm³/mol. The molecule has 27 heavy (non-hydrogen) atoms. The second-order valence-corrected chi connectivity index (χ2v) is 16.1. The van der Waals surface area contributed by atoms with Crippen LogP contribution in [0.3, 0.4) is 0 Å². The first-order valence-electron chi connectivity index (χ1n) is 11.0. The molecular formula is C25H40NSi+. The van der Waals surface area contributed by atoms with Crippen molar-refractivity contribution in [3.63, 3.8) is 0 Å². The van der Waals surface area contributed by atoms with Gasteiger partial charge in [-0.05, 0) is 41.3 Å². The van der Waals surface area contributed by atoms with Crippen LogP contribution in [0.4, 0.5) is 0 Å². The minimum Gasteiger partial charge on any atom is -0.201 e. The van der Waals surface area contributed by atoms with Crippen molar-refractivity contribution >= 4 is 13.3 Å². The molecule has 0 bridgehead atoms. The monoisotopic (exact) mass is 384 g/mol. The van der Waals surface area contributed by atoms with E-state index in [1.54, 1.807) is 0 Å².